The monoisotopic (exact) mass is 230 g/mol. The highest BCUT2D eigenvalue weighted by atomic mass is 19.1. The second-order valence-electron chi connectivity index (χ2n) is 4.13. The molecule has 1 atom stereocenters. The second-order valence-corrected chi connectivity index (χ2v) is 4.13. The number of rotatable bonds is 3. The van der Waals surface area contributed by atoms with Crippen LogP contribution in [0, 0.1) is 12.7 Å². The van der Waals surface area contributed by atoms with Crippen molar-refractivity contribution in [1.29, 1.82) is 0 Å². The average molecular weight is 230 g/mol. The summed E-state index contributed by atoms with van der Waals surface area (Å²) in [6, 6.07) is 9.08. The summed E-state index contributed by atoms with van der Waals surface area (Å²) in [5, 5.41) is 3.15. The maximum Gasteiger partial charge on any atom is 0.146 e. The normalized spacial score (nSPS) is 12.2. The van der Waals surface area contributed by atoms with Crippen molar-refractivity contribution in [2.45, 2.75) is 19.9 Å². The first-order chi connectivity index (χ1) is 8.16. The quantitative estimate of drug-likeness (QED) is 0.869. The van der Waals surface area contributed by atoms with E-state index in [1.807, 2.05) is 32.0 Å². The molecule has 3 heteroatoms. The number of hydrogen-bond donors (Lipinski definition) is 1. The Hall–Kier alpha value is -1.90. The van der Waals surface area contributed by atoms with Gasteiger partial charge in [0, 0.05) is 18.4 Å². The van der Waals surface area contributed by atoms with Crippen molar-refractivity contribution in [3.05, 3.63) is 59.7 Å². The van der Waals surface area contributed by atoms with Gasteiger partial charge in [0.2, 0.25) is 0 Å². The fourth-order valence-corrected chi connectivity index (χ4v) is 1.71. The van der Waals surface area contributed by atoms with Crippen molar-refractivity contribution < 1.29 is 4.39 Å². The number of nitrogens with one attached hydrogen (secondary N) is 1. The van der Waals surface area contributed by atoms with E-state index in [1.165, 1.54) is 6.07 Å². The standard InChI is InChI=1S/C14H15FN2/c1-10-3-4-14(13(15)9-10)17-11(2)12-5-7-16-8-6-12/h3-9,11,17H,1-2H3. The van der Waals surface area contributed by atoms with Crippen molar-refractivity contribution in [3.8, 4) is 0 Å². The number of halogens is 1. The van der Waals surface area contributed by atoms with Crippen molar-refractivity contribution in [3.63, 3.8) is 0 Å². The van der Waals surface area contributed by atoms with Gasteiger partial charge in [0.1, 0.15) is 5.82 Å². The molecule has 1 N–H and O–H groups in total. The van der Waals surface area contributed by atoms with E-state index in [-0.39, 0.29) is 11.9 Å². The molecule has 1 heterocycles. The Morgan fingerprint density at radius 2 is 1.88 bits per heavy atom. The fourth-order valence-electron chi connectivity index (χ4n) is 1.71. The zero-order valence-corrected chi connectivity index (χ0v) is 9.94. The molecule has 0 aliphatic rings. The first-order valence-corrected chi connectivity index (χ1v) is 5.59. The Kier molecular flexibility index (Phi) is 3.38. The van der Waals surface area contributed by atoms with Gasteiger partial charge in [-0.25, -0.2) is 4.39 Å². The van der Waals surface area contributed by atoms with E-state index in [9.17, 15) is 4.39 Å². The molecule has 1 aromatic heterocycles. The number of aryl methyl sites for hydroxylation is 1. The van der Waals surface area contributed by atoms with E-state index in [1.54, 1.807) is 18.5 Å². The maximum atomic E-state index is 13.7. The molecule has 0 saturated carbocycles. The minimum absolute atomic E-state index is 0.0511. The molecule has 2 rings (SSSR count). The lowest BCUT2D eigenvalue weighted by Crippen LogP contribution is -2.08. The molecule has 0 saturated heterocycles. The van der Waals surface area contributed by atoms with Gasteiger partial charge in [0.25, 0.3) is 0 Å². The number of benzene rings is 1. The van der Waals surface area contributed by atoms with Crippen LogP contribution in [-0.2, 0) is 0 Å². The Labute approximate surface area is 101 Å². The van der Waals surface area contributed by atoms with Crippen LogP contribution in [-0.4, -0.2) is 4.98 Å². The van der Waals surface area contributed by atoms with Gasteiger partial charge in [0.05, 0.1) is 5.69 Å². The minimum atomic E-state index is -0.217. The van der Waals surface area contributed by atoms with Crippen LogP contribution >= 0.6 is 0 Å². The molecule has 0 amide bonds. The van der Waals surface area contributed by atoms with Gasteiger partial charge in [0.15, 0.2) is 0 Å². The Morgan fingerprint density at radius 3 is 2.53 bits per heavy atom. The zero-order valence-electron chi connectivity index (χ0n) is 9.94. The molecule has 0 aliphatic heterocycles. The number of pyridine rings is 1. The topological polar surface area (TPSA) is 24.9 Å². The summed E-state index contributed by atoms with van der Waals surface area (Å²) in [6.07, 6.45) is 3.47. The minimum Gasteiger partial charge on any atom is -0.376 e. The van der Waals surface area contributed by atoms with Gasteiger partial charge in [-0.1, -0.05) is 6.07 Å². The van der Waals surface area contributed by atoms with Gasteiger partial charge in [-0.05, 0) is 49.2 Å². The molecule has 0 spiro atoms. The number of nitrogens with zero attached hydrogens (tertiary/aromatic N) is 1. The van der Waals surface area contributed by atoms with E-state index in [2.05, 4.69) is 10.3 Å². The van der Waals surface area contributed by atoms with Crippen LogP contribution in [0.1, 0.15) is 24.1 Å². The van der Waals surface area contributed by atoms with Crippen LogP contribution in [0.3, 0.4) is 0 Å². The highest BCUT2D eigenvalue weighted by Crippen LogP contribution is 2.21. The maximum absolute atomic E-state index is 13.7. The second kappa shape index (κ2) is 4.95. The van der Waals surface area contributed by atoms with E-state index in [0.29, 0.717) is 5.69 Å². The predicted octanol–water partition coefficient (Wildman–Crippen LogP) is 3.70. The van der Waals surface area contributed by atoms with Gasteiger partial charge >= 0.3 is 0 Å². The number of anilines is 1. The molecule has 0 radical (unpaired) electrons. The first-order valence-electron chi connectivity index (χ1n) is 5.59. The van der Waals surface area contributed by atoms with Gasteiger partial charge < -0.3 is 5.32 Å². The number of hydrogen-bond acceptors (Lipinski definition) is 2. The Morgan fingerprint density at radius 1 is 1.18 bits per heavy atom. The lowest BCUT2D eigenvalue weighted by Gasteiger charge is -2.16. The number of aromatic nitrogens is 1. The van der Waals surface area contributed by atoms with E-state index in [0.717, 1.165) is 11.1 Å². The lowest BCUT2D eigenvalue weighted by atomic mass is 10.1. The van der Waals surface area contributed by atoms with Crippen LogP contribution in [0.4, 0.5) is 10.1 Å². The van der Waals surface area contributed by atoms with Crippen LogP contribution in [0.2, 0.25) is 0 Å². The smallest absolute Gasteiger partial charge is 0.146 e. The lowest BCUT2D eigenvalue weighted by molar-refractivity contribution is 0.626. The van der Waals surface area contributed by atoms with Crippen LogP contribution in [0.15, 0.2) is 42.7 Å². The molecule has 1 unspecified atom stereocenters. The van der Waals surface area contributed by atoms with Gasteiger partial charge in [-0.3, -0.25) is 4.98 Å². The van der Waals surface area contributed by atoms with Gasteiger partial charge in [-0.15, -0.1) is 0 Å². The Bertz CT molecular complexity index is 497. The third-order valence-electron chi connectivity index (χ3n) is 2.70. The van der Waals surface area contributed by atoms with Crippen molar-refractivity contribution in [1.82, 2.24) is 4.98 Å². The van der Waals surface area contributed by atoms with Crippen molar-refractivity contribution >= 4 is 5.69 Å². The molecular weight excluding hydrogens is 215 g/mol. The summed E-state index contributed by atoms with van der Waals surface area (Å²) in [7, 11) is 0. The summed E-state index contributed by atoms with van der Waals surface area (Å²) in [4.78, 5) is 3.96. The van der Waals surface area contributed by atoms with Crippen molar-refractivity contribution in [2.75, 3.05) is 5.32 Å². The summed E-state index contributed by atoms with van der Waals surface area (Å²) >= 11 is 0. The molecule has 1 aromatic carbocycles. The summed E-state index contributed by atoms with van der Waals surface area (Å²) < 4.78 is 13.7. The molecule has 0 fully saturated rings. The molecular formula is C14H15FN2. The van der Waals surface area contributed by atoms with E-state index in [4.69, 9.17) is 0 Å². The third kappa shape index (κ3) is 2.81. The average Bonchev–Trinajstić information content (AvgIpc) is 2.34. The zero-order chi connectivity index (χ0) is 12.3. The van der Waals surface area contributed by atoms with Crippen LogP contribution in [0.5, 0.6) is 0 Å². The predicted molar refractivity (Wildman–Crippen MR) is 67.4 cm³/mol. The summed E-state index contributed by atoms with van der Waals surface area (Å²) in [5.41, 5.74) is 2.53. The first kappa shape index (κ1) is 11.6. The highest BCUT2D eigenvalue weighted by molar-refractivity contribution is 5.47. The summed E-state index contributed by atoms with van der Waals surface area (Å²) in [6.45, 7) is 3.87. The van der Waals surface area contributed by atoms with Gasteiger partial charge in [-0.2, -0.15) is 0 Å². The van der Waals surface area contributed by atoms with Crippen LogP contribution < -0.4 is 5.32 Å². The Balaban J connectivity index is 2.16. The molecule has 0 aliphatic carbocycles. The third-order valence-corrected chi connectivity index (χ3v) is 2.70. The molecule has 2 aromatic rings. The molecule has 17 heavy (non-hydrogen) atoms. The van der Waals surface area contributed by atoms with E-state index >= 15 is 0 Å². The SMILES string of the molecule is Cc1ccc(NC(C)c2ccncc2)c(F)c1. The highest BCUT2D eigenvalue weighted by Gasteiger charge is 2.08. The molecule has 2 nitrogen and oxygen atoms in total. The largest absolute Gasteiger partial charge is 0.376 e. The molecule has 88 valence electrons. The molecule has 0 bridgehead atoms. The van der Waals surface area contributed by atoms with Crippen molar-refractivity contribution in [2.24, 2.45) is 0 Å². The summed E-state index contributed by atoms with van der Waals surface area (Å²) in [5.74, 6) is -0.217. The fraction of sp³-hybridized carbons (Fsp3) is 0.214. The van der Waals surface area contributed by atoms with Crippen LogP contribution in [0.25, 0.3) is 0 Å². The van der Waals surface area contributed by atoms with E-state index < -0.39 is 0 Å².